The van der Waals surface area contributed by atoms with Gasteiger partial charge in [-0.2, -0.15) is 0 Å². The highest BCUT2D eigenvalue weighted by molar-refractivity contribution is 7.94. The first kappa shape index (κ1) is 21.3. The predicted molar refractivity (Wildman–Crippen MR) is 113 cm³/mol. The van der Waals surface area contributed by atoms with Crippen LogP contribution in [0.2, 0.25) is 5.02 Å². The van der Waals surface area contributed by atoms with Gasteiger partial charge in [-0.25, -0.2) is 12.7 Å². The minimum Gasteiger partial charge on any atom is -0.335 e. The molecule has 154 valence electrons. The highest BCUT2D eigenvalue weighted by atomic mass is 35.5. The fourth-order valence-corrected chi connectivity index (χ4v) is 5.66. The van der Waals surface area contributed by atoms with Gasteiger partial charge in [0.15, 0.2) is 0 Å². The Balaban J connectivity index is 1.97. The Morgan fingerprint density at radius 1 is 1.17 bits per heavy atom. The number of hydrogen-bond acceptors (Lipinski definition) is 4. The molecule has 1 heterocycles. The summed E-state index contributed by atoms with van der Waals surface area (Å²) in [5.74, 6) is -1.12. The normalized spacial score (nSPS) is 17.4. The molecule has 2 amide bonds. The molecule has 0 aliphatic carbocycles. The Labute approximate surface area is 176 Å². The van der Waals surface area contributed by atoms with Crippen molar-refractivity contribution in [2.45, 2.75) is 27.3 Å². The number of carbonyl (C=O) groups excluding carboxylic acids is 2. The molecule has 1 saturated heterocycles. The van der Waals surface area contributed by atoms with E-state index in [2.05, 4.69) is 0 Å². The first-order valence-electron chi connectivity index (χ1n) is 9.27. The molecule has 6 nitrogen and oxygen atoms in total. The third-order valence-electron chi connectivity index (χ3n) is 4.88. The Morgan fingerprint density at radius 3 is 2.38 bits per heavy atom. The van der Waals surface area contributed by atoms with Crippen LogP contribution in [0.3, 0.4) is 0 Å². The van der Waals surface area contributed by atoms with E-state index in [1.54, 1.807) is 18.7 Å². The van der Waals surface area contributed by atoms with Crippen molar-refractivity contribution in [1.82, 2.24) is 4.90 Å². The highest BCUT2D eigenvalue weighted by Crippen LogP contribution is 2.37. The van der Waals surface area contributed by atoms with E-state index in [4.69, 9.17) is 11.6 Å². The van der Waals surface area contributed by atoms with Gasteiger partial charge in [-0.1, -0.05) is 41.9 Å². The van der Waals surface area contributed by atoms with Crippen LogP contribution in [0.4, 0.5) is 5.69 Å². The predicted octanol–water partition coefficient (Wildman–Crippen LogP) is 3.70. The maximum Gasteiger partial charge on any atom is 0.255 e. The van der Waals surface area contributed by atoms with Crippen LogP contribution < -0.4 is 4.31 Å². The van der Waals surface area contributed by atoms with Crippen molar-refractivity contribution in [2.75, 3.05) is 16.6 Å². The van der Waals surface area contributed by atoms with Crippen LogP contribution in [-0.2, 0) is 21.4 Å². The fraction of sp³-hybridized carbons (Fsp3) is 0.333. The first-order valence-corrected chi connectivity index (χ1v) is 11.3. The average molecular weight is 435 g/mol. The lowest BCUT2D eigenvalue weighted by Crippen LogP contribution is -2.34. The third-order valence-corrected chi connectivity index (χ3v) is 7.23. The van der Waals surface area contributed by atoms with Gasteiger partial charge in [-0.05, 0) is 44.5 Å². The molecule has 29 heavy (non-hydrogen) atoms. The molecule has 1 aliphatic rings. The van der Waals surface area contributed by atoms with Gasteiger partial charge >= 0.3 is 0 Å². The summed E-state index contributed by atoms with van der Waals surface area (Å²) in [6.07, 6.45) is 0. The van der Waals surface area contributed by atoms with E-state index < -0.39 is 21.3 Å². The summed E-state index contributed by atoms with van der Waals surface area (Å²) < 4.78 is 25.9. The topological polar surface area (TPSA) is 74.8 Å². The zero-order valence-corrected chi connectivity index (χ0v) is 18.1. The SMILES string of the molecule is CCN(Cc1ccccc1)C(=O)c1cc(N2C(=O)C(C)(C)CS2(=O)=O)ccc1Cl. The number of hydrogen-bond donors (Lipinski definition) is 0. The molecule has 1 aliphatic heterocycles. The van der Waals surface area contributed by atoms with Crippen LogP contribution in [0.15, 0.2) is 48.5 Å². The molecule has 8 heteroatoms. The second-order valence-corrected chi connectivity index (χ2v) is 9.90. The monoisotopic (exact) mass is 434 g/mol. The van der Waals surface area contributed by atoms with Gasteiger partial charge in [0.2, 0.25) is 15.9 Å². The molecule has 0 aromatic heterocycles. The van der Waals surface area contributed by atoms with E-state index in [9.17, 15) is 18.0 Å². The zero-order chi connectivity index (χ0) is 21.4. The molecule has 0 saturated carbocycles. The quantitative estimate of drug-likeness (QED) is 0.719. The molecule has 1 fully saturated rings. The standard InChI is InChI=1S/C21H23ClN2O4S/c1-4-23(13-15-8-6-5-7-9-15)19(25)17-12-16(10-11-18(17)22)24-20(26)21(2,3)14-29(24,27)28/h5-12H,4,13-14H2,1-3H3. The number of carbonyl (C=O) groups is 2. The first-order chi connectivity index (χ1) is 13.6. The number of amides is 2. The number of halogens is 1. The molecule has 0 unspecified atom stereocenters. The lowest BCUT2D eigenvalue weighted by atomic mass is 9.95. The van der Waals surface area contributed by atoms with Gasteiger partial charge in [0.1, 0.15) is 0 Å². The Morgan fingerprint density at radius 2 is 1.83 bits per heavy atom. The number of nitrogens with zero attached hydrogens (tertiary/aromatic N) is 2. The van der Waals surface area contributed by atoms with Crippen LogP contribution in [0, 0.1) is 5.41 Å². The van der Waals surface area contributed by atoms with Crippen LogP contribution in [0.5, 0.6) is 0 Å². The molecule has 3 rings (SSSR count). The Bertz CT molecular complexity index is 1050. The summed E-state index contributed by atoms with van der Waals surface area (Å²) in [5.41, 5.74) is 0.235. The lowest BCUT2D eigenvalue weighted by molar-refractivity contribution is -0.123. The van der Waals surface area contributed by atoms with Crippen molar-refractivity contribution in [3.63, 3.8) is 0 Å². The van der Waals surface area contributed by atoms with Crippen LogP contribution in [0.1, 0.15) is 36.7 Å². The van der Waals surface area contributed by atoms with E-state index in [1.165, 1.54) is 18.2 Å². The summed E-state index contributed by atoms with van der Waals surface area (Å²) in [6.45, 7) is 5.88. The van der Waals surface area contributed by atoms with E-state index >= 15 is 0 Å². The van der Waals surface area contributed by atoms with Crippen molar-refractivity contribution in [3.8, 4) is 0 Å². The van der Waals surface area contributed by atoms with Gasteiger partial charge in [0.25, 0.3) is 5.91 Å². The van der Waals surface area contributed by atoms with Crippen molar-refractivity contribution >= 4 is 39.1 Å². The molecule has 2 aromatic carbocycles. The smallest absolute Gasteiger partial charge is 0.255 e. The maximum atomic E-state index is 13.1. The molecule has 0 bridgehead atoms. The van der Waals surface area contributed by atoms with Crippen molar-refractivity contribution in [2.24, 2.45) is 5.41 Å². The Hall–Kier alpha value is -2.38. The molecule has 0 spiro atoms. The second-order valence-electron chi connectivity index (χ2n) is 7.68. The van der Waals surface area contributed by atoms with E-state index in [1.807, 2.05) is 37.3 Å². The highest BCUT2D eigenvalue weighted by Gasteiger charge is 2.50. The van der Waals surface area contributed by atoms with Crippen molar-refractivity contribution in [1.29, 1.82) is 0 Å². The van der Waals surface area contributed by atoms with Gasteiger partial charge in [-0.3, -0.25) is 9.59 Å². The fourth-order valence-electron chi connectivity index (χ4n) is 3.37. The Kier molecular flexibility index (Phi) is 5.74. The molecular formula is C21H23ClN2O4S. The number of anilines is 1. The second kappa shape index (κ2) is 7.80. The number of rotatable bonds is 5. The minimum atomic E-state index is -3.81. The molecule has 0 radical (unpaired) electrons. The van der Waals surface area contributed by atoms with Gasteiger partial charge in [-0.15, -0.1) is 0 Å². The number of sulfonamides is 1. The largest absolute Gasteiger partial charge is 0.335 e. The van der Waals surface area contributed by atoms with Gasteiger partial charge < -0.3 is 4.90 Å². The molecule has 0 atom stereocenters. The molecule has 2 aromatic rings. The summed E-state index contributed by atoms with van der Waals surface area (Å²) in [7, 11) is -3.81. The zero-order valence-electron chi connectivity index (χ0n) is 16.6. The van der Waals surface area contributed by atoms with Gasteiger partial charge in [0, 0.05) is 13.1 Å². The maximum absolute atomic E-state index is 13.1. The minimum absolute atomic E-state index is 0.129. The van der Waals surface area contributed by atoms with Gasteiger partial charge in [0.05, 0.1) is 27.4 Å². The van der Waals surface area contributed by atoms with Crippen LogP contribution >= 0.6 is 11.6 Å². The summed E-state index contributed by atoms with van der Waals surface area (Å²) in [6, 6.07) is 13.8. The van der Waals surface area contributed by atoms with E-state index in [-0.39, 0.29) is 27.9 Å². The molecule has 0 N–H and O–H groups in total. The van der Waals surface area contributed by atoms with E-state index in [0.29, 0.717) is 13.1 Å². The molecular weight excluding hydrogens is 412 g/mol. The number of benzene rings is 2. The van der Waals surface area contributed by atoms with Crippen molar-refractivity contribution < 1.29 is 18.0 Å². The summed E-state index contributed by atoms with van der Waals surface area (Å²) in [4.78, 5) is 27.4. The van der Waals surface area contributed by atoms with Crippen LogP contribution in [-0.4, -0.2) is 37.4 Å². The lowest BCUT2D eigenvalue weighted by Gasteiger charge is -2.23. The third kappa shape index (κ3) is 4.16. The summed E-state index contributed by atoms with van der Waals surface area (Å²) in [5, 5.41) is 0.202. The van der Waals surface area contributed by atoms with Crippen molar-refractivity contribution in [3.05, 3.63) is 64.7 Å². The summed E-state index contributed by atoms with van der Waals surface area (Å²) >= 11 is 6.26. The van der Waals surface area contributed by atoms with Crippen LogP contribution in [0.25, 0.3) is 0 Å². The van der Waals surface area contributed by atoms with E-state index in [0.717, 1.165) is 9.87 Å². The average Bonchev–Trinajstić information content (AvgIpc) is 2.83.